The van der Waals surface area contributed by atoms with Gasteiger partial charge in [-0.25, -0.2) is 8.42 Å². The molecule has 2 fully saturated rings. The summed E-state index contributed by atoms with van der Waals surface area (Å²) in [4.78, 5) is 17.4. The summed E-state index contributed by atoms with van der Waals surface area (Å²) < 4.78 is 33.3. The molecule has 1 N–H and O–H groups in total. The summed E-state index contributed by atoms with van der Waals surface area (Å²) in [6.45, 7) is 7.09. The summed E-state index contributed by atoms with van der Waals surface area (Å²) in [6.07, 6.45) is 5.32. The maximum Gasteiger partial charge on any atom is 0.276 e. The van der Waals surface area contributed by atoms with Crippen molar-refractivity contribution in [3.05, 3.63) is 24.4 Å². The zero-order chi connectivity index (χ0) is 21.8. The second-order valence-electron chi connectivity index (χ2n) is 8.31. The highest BCUT2D eigenvalue weighted by atomic mass is 32.2. The Morgan fingerprint density at radius 3 is 2.71 bits per heavy atom. The van der Waals surface area contributed by atoms with Gasteiger partial charge in [-0.1, -0.05) is 13.3 Å². The van der Waals surface area contributed by atoms with Gasteiger partial charge >= 0.3 is 0 Å². The molecule has 0 aromatic carbocycles. The van der Waals surface area contributed by atoms with E-state index in [-0.39, 0.29) is 23.5 Å². The molecule has 2 aromatic rings. The van der Waals surface area contributed by atoms with Gasteiger partial charge in [0, 0.05) is 45.5 Å². The molecule has 0 saturated carbocycles. The fourth-order valence-electron chi connectivity index (χ4n) is 4.32. The monoisotopic (exact) mass is 449 g/mol. The second kappa shape index (κ2) is 9.54. The smallest absolute Gasteiger partial charge is 0.276 e. The topological polar surface area (TPSA) is 103 Å². The van der Waals surface area contributed by atoms with Crippen LogP contribution < -0.4 is 0 Å². The third kappa shape index (κ3) is 4.86. The number of rotatable bonds is 7. The van der Waals surface area contributed by atoms with Crippen LogP contribution in [0, 0.1) is 5.92 Å². The number of aromatic amines is 1. The number of sulfonamides is 1. The second-order valence-corrected chi connectivity index (χ2v) is 10.2. The van der Waals surface area contributed by atoms with Gasteiger partial charge in [0.15, 0.2) is 5.76 Å². The highest BCUT2D eigenvalue weighted by molar-refractivity contribution is 7.89. The zero-order valence-corrected chi connectivity index (χ0v) is 18.8. The van der Waals surface area contributed by atoms with Gasteiger partial charge in [-0.05, 0) is 44.0 Å². The number of nitrogens with one attached hydrogen (secondary N) is 1. The molecule has 10 heteroatoms. The molecule has 9 nitrogen and oxygen atoms in total. The van der Waals surface area contributed by atoms with Crippen LogP contribution in [-0.2, 0) is 14.8 Å². The Morgan fingerprint density at radius 2 is 2.00 bits per heavy atom. The minimum absolute atomic E-state index is 0.0765. The molecule has 2 aromatic heterocycles. The van der Waals surface area contributed by atoms with Crippen LogP contribution in [0.4, 0.5) is 0 Å². The van der Waals surface area contributed by atoms with Crippen molar-refractivity contribution in [2.24, 2.45) is 5.92 Å². The van der Waals surface area contributed by atoms with E-state index in [4.69, 9.17) is 4.42 Å². The molecule has 170 valence electrons. The molecule has 0 unspecified atom stereocenters. The average molecular weight is 450 g/mol. The van der Waals surface area contributed by atoms with Crippen molar-refractivity contribution >= 4 is 15.9 Å². The van der Waals surface area contributed by atoms with Crippen molar-refractivity contribution < 1.29 is 17.6 Å². The summed E-state index contributed by atoms with van der Waals surface area (Å²) in [5, 5.41) is 6.53. The first kappa shape index (κ1) is 22.0. The van der Waals surface area contributed by atoms with E-state index in [0.717, 1.165) is 39.1 Å². The van der Waals surface area contributed by atoms with E-state index >= 15 is 0 Å². The lowest BCUT2D eigenvalue weighted by molar-refractivity contribution is -0.138. The van der Waals surface area contributed by atoms with E-state index in [1.54, 1.807) is 18.3 Å². The first-order chi connectivity index (χ1) is 15.0. The largest absolute Gasteiger partial charge is 0.442 e. The molecule has 1 amide bonds. The lowest BCUT2D eigenvalue weighted by atomic mass is 9.97. The lowest BCUT2D eigenvalue weighted by Crippen LogP contribution is -2.53. The van der Waals surface area contributed by atoms with Crippen LogP contribution in [0.15, 0.2) is 33.9 Å². The van der Waals surface area contributed by atoms with Gasteiger partial charge in [0.1, 0.15) is 5.69 Å². The van der Waals surface area contributed by atoms with Gasteiger partial charge in [0.25, 0.3) is 10.0 Å². The number of carbonyl (C=O) groups is 1. The fraction of sp³-hybridized carbons (Fsp3) is 0.619. The standard InChI is InChI=1S/C21H31N5O4S/c1-2-3-10-24-12-14-25(15-13-24)21(27)17-5-4-11-26(16-17)31(28,29)20-7-6-19(30-20)18-8-9-22-23-18/h6-9,17H,2-5,10-16H2,1H3,(H,22,23)/t17-/m1/s1. The van der Waals surface area contributed by atoms with Gasteiger partial charge in [-0.15, -0.1) is 0 Å². The van der Waals surface area contributed by atoms with E-state index in [9.17, 15) is 13.2 Å². The maximum atomic E-state index is 13.1. The number of nitrogens with zero attached hydrogens (tertiary/aromatic N) is 4. The highest BCUT2D eigenvalue weighted by Gasteiger charge is 2.37. The molecule has 0 bridgehead atoms. The van der Waals surface area contributed by atoms with Crippen LogP contribution in [0.25, 0.3) is 11.5 Å². The van der Waals surface area contributed by atoms with Crippen LogP contribution >= 0.6 is 0 Å². The third-order valence-electron chi connectivity index (χ3n) is 6.19. The molecule has 0 aliphatic carbocycles. The van der Waals surface area contributed by atoms with E-state index in [1.165, 1.54) is 23.2 Å². The third-order valence-corrected chi connectivity index (χ3v) is 7.93. The van der Waals surface area contributed by atoms with E-state index in [2.05, 4.69) is 22.0 Å². The Morgan fingerprint density at radius 1 is 1.19 bits per heavy atom. The van der Waals surface area contributed by atoms with Crippen LogP contribution in [-0.4, -0.2) is 84.4 Å². The molecule has 4 heterocycles. The number of piperidine rings is 1. The number of aromatic nitrogens is 2. The van der Waals surface area contributed by atoms with Gasteiger partial charge in [-0.2, -0.15) is 9.40 Å². The molecule has 4 rings (SSSR count). The Balaban J connectivity index is 1.38. The number of furan rings is 1. The number of carbonyl (C=O) groups excluding carboxylic acids is 1. The molecular weight excluding hydrogens is 418 g/mol. The van der Waals surface area contributed by atoms with Crippen LogP contribution in [0.1, 0.15) is 32.6 Å². The summed E-state index contributed by atoms with van der Waals surface area (Å²) in [7, 11) is -3.80. The SMILES string of the molecule is CCCCN1CCN(C(=O)[C@@H]2CCCN(S(=O)(=O)c3ccc(-c4ccn[nH]4)o3)C2)CC1. The molecule has 2 saturated heterocycles. The summed E-state index contributed by atoms with van der Waals surface area (Å²) in [5.41, 5.74) is 0.617. The quantitative estimate of drug-likeness (QED) is 0.694. The number of hydrogen-bond donors (Lipinski definition) is 1. The van der Waals surface area contributed by atoms with Gasteiger partial charge in [0.2, 0.25) is 11.0 Å². The number of hydrogen-bond acceptors (Lipinski definition) is 6. The Kier molecular flexibility index (Phi) is 6.78. The van der Waals surface area contributed by atoms with E-state index in [0.29, 0.717) is 24.4 Å². The summed E-state index contributed by atoms with van der Waals surface area (Å²) in [6, 6.07) is 4.80. The summed E-state index contributed by atoms with van der Waals surface area (Å²) >= 11 is 0. The zero-order valence-electron chi connectivity index (χ0n) is 18.0. The molecule has 0 spiro atoms. The molecule has 2 aliphatic rings. The molecule has 0 radical (unpaired) electrons. The number of unbranched alkanes of at least 4 members (excludes halogenated alkanes) is 1. The molecular formula is C21H31N5O4S. The van der Waals surface area contributed by atoms with Crippen LogP contribution in [0.3, 0.4) is 0 Å². The minimum Gasteiger partial charge on any atom is -0.442 e. The van der Waals surface area contributed by atoms with Crippen LogP contribution in [0.5, 0.6) is 0 Å². The Labute approximate surface area is 183 Å². The van der Waals surface area contributed by atoms with E-state index in [1.807, 2.05) is 4.90 Å². The van der Waals surface area contributed by atoms with Crippen molar-refractivity contribution in [3.8, 4) is 11.5 Å². The maximum absolute atomic E-state index is 13.1. The lowest BCUT2D eigenvalue weighted by Gasteiger charge is -2.38. The first-order valence-corrected chi connectivity index (χ1v) is 12.5. The van der Waals surface area contributed by atoms with E-state index < -0.39 is 10.0 Å². The molecule has 1 atom stereocenters. The number of H-pyrrole nitrogens is 1. The molecule has 2 aliphatic heterocycles. The van der Waals surface area contributed by atoms with Crippen molar-refractivity contribution in [1.29, 1.82) is 0 Å². The Bertz CT molecular complexity index is 964. The first-order valence-electron chi connectivity index (χ1n) is 11.1. The predicted molar refractivity (Wildman–Crippen MR) is 116 cm³/mol. The van der Waals surface area contributed by atoms with Gasteiger partial charge in [-0.3, -0.25) is 14.8 Å². The van der Waals surface area contributed by atoms with Crippen molar-refractivity contribution in [1.82, 2.24) is 24.3 Å². The van der Waals surface area contributed by atoms with Gasteiger partial charge < -0.3 is 9.32 Å². The van der Waals surface area contributed by atoms with Crippen LogP contribution in [0.2, 0.25) is 0 Å². The van der Waals surface area contributed by atoms with Crippen molar-refractivity contribution in [2.45, 2.75) is 37.7 Å². The number of piperazine rings is 1. The van der Waals surface area contributed by atoms with Crippen molar-refractivity contribution in [2.75, 3.05) is 45.8 Å². The minimum atomic E-state index is -3.80. The summed E-state index contributed by atoms with van der Waals surface area (Å²) in [5.74, 6) is 0.196. The van der Waals surface area contributed by atoms with Gasteiger partial charge in [0.05, 0.1) is 5.92 Å². The highest BCUT2D eigenvalue weighted by Crippen LogP contribution is 2.28. The average Bonchev–Trinajstić information content (AvgIpc) is 3.50. The normalized spacial score (nSPS) is 21.5. The Hall–Kier alpha value is -2.17. The van der Waals surface area contributed by atoms with Crippen molar-refractivity contribution in [3.63, 3.8) is 0 Å². The number of amides is 1. The fourth-order valence-corrected chi connectivity index (χ4v) is 5.75. The molecule has 31 heavy (non-hydrogen) atoms. The predicted octanol–water partition coefficient (Wildman–Crippen LogP) is 2.01.